The molecule has 1 amide bonds. The van der Waals surface area contributed by atoms with Crippen molar-refractivity contribution in [3.05, 3.63) is 107 Å². The maximum Gasteiger partial charge on any atom is 0.339 e. The molecule has 5 nitrogen and oxygen atoms in total. The molecule has 5 heteroatoms. The third-order valence-electron chi connectivity index (χ3n) is 5.31. The van der Waals surface area contributed by atoms with E-state index in [-0.39, 0.29) is 18.0 Å². The number of esters is 1. The van der Waals surface area contributed by atoms with E-state index in [1.165, 1.54) is 0 Å². The molecule has 0 fully saturated rings. The van der Waals surface area contributed by atoms with Crippen LogP contribution < -0.4 is 5.32 Å². The molecule has 0 saturated heterocycles. The van der Waals surface area contributed by atoms with E-state index < -0.39 is 0 Å². The molecule has 1 unspecified atom stereocenters. The van der Waals surface area contributed by atoms with Crippen molar-refractivity contribution in [3.63, 3.8) is 0 Å². The number of carbonyl (C=O) groups is 2. The van der Waals surface area contributed by atoms with Crippen molar-refractivity contribution < 1.29 is 14.3 Å². The van der Waals surface area contributed by atoms with Crippen LogP contribution in [0.5, 0.6) is 0 Å². The predicted molar refractivity (Wildman–Crippen MR) is 114 cm³/mol. The van der Waals surface area contributed by atoms with Gasteiger partial charge in [0, 0.05) is 23.6 Å². The molecular formula is C25H18N2O3. The Balaban J connectivity index is 1.44. The lowest BCUT2D eigenvalue weighted by molar-refractivity contribution is 0.0252. The monoisotopic (exact) mass is 394 g/mol. The Labute approximate surface area is 173 Å². The molecule has 30 heavy (non-hydrogen) atoms. The van der Waals surface area contributed by atoms with Crippen LogP contribution in [0.25, 0.3) is 10.9 Å². The second kappa shape index (κ2) is 7.44. The van der Waals surface area contributed by atoms with Crippen LogP contribution in [0.1, 0.15) is 37.9 Å². The lowest BCUT2D eigenvalue weighted by Crippen LogP contribution is -2.23. The van der Waals surface area contributed by atoms with E-state index in [1.54, 1.807) is 24.4 Å². The standard InChI is InChI=1S/C25H18N2O3/c28-24(27-22-10-4-9-21-20(22)8-5-13-26-21)17-11-12-19-18(14-17)15-23(30-25(19)29)16-6-2-1-3-7-16/h1-14,23H,15H2,(H,27,28). The highest BCUT2D eigenvalue weighted by Gasteiger charge is 2.28. The summed E-state index contributed by atoms with van der Waals surface area (Å²) in [6.07, 6.45) is 1.90. The number of cyclic esters (lactones) is 1. The minimum atomic E-state index is -0.364. The summed E-state index contributed by atoms with van der Waals surface area (Å²) in [6.45, 7) is 0. The number of ether oxygens (including phenoxy) is 1. The van der Waals surface area contributed by atoms with Crippen molar-refractivity contribution in [3.8, 4) is 0 Å². The van der Waals surface area contributed by atoms with Crippen LogP contribution in [0.15, 0.2) is 85.1 Å². The average Bonchev–Trinajstić information content (AvgIpc) is 2.79. The van der Waals surface area contributed by atoms with Gasteiger partial charge in [-0.15, -0.1) is 0 Å². The number of nitrogens with zero attached hydrogens (tertiary/aromatic N) is 1. The van der Waals surface area contributed by atoms with Crippen LogP contribution >= 0.6 is 0 Å². The fourth-order valence-corrected chi connectivity index (χ4v) is 3.80. The van der Waals surface area contributed by atoms with Gasteiger partial charge in [-0.3, -0.25) is 9.78 Å². The first-order chi connectivity index (χ1) is 14.7. The fraction of sp³-hybridized carbons (Fsp3) is 0.0800. The Hall–Kier alpha value is -3.99. The molecule has 1 N–H and O–H groups in total. The highest BCUT2D eigenvalue weighted by molar-refractivity contribution is 6.09. The zero-order valence-corrected chi connectivity index (χ0v) is 16.0. The first-order valence-corrected chi connectivity index (χ1v) is 9.73. The third kappa shape index (κ3) is 3.31. The second-order valence-corrected chi connectivity index (χ2v) is 7.21. The van der Waals surface area contributed by atoms with Crippen molar-refractivity contribution in [2.75, 3.05) is 5.32 Å². The van der Waals surface area contributed by atoms with Crippen LogP contribution in [0.2, 0.25) is 0 Å². The molecule has 0 bridgehead atoms. The van der Waals surface area contributed by atoms with Crippen molar-refractivity contribution in [1.82, 2.24) is 4.98 Å². The largest absolute Gasteiger partial charge is 0.454 e. The van der Waals surface area contributed by atoms with E-state index >= 15 is 0 Å². The number of fused-ring (bicyclic) bond motifs is 2. The number of aromatic nitrogens is 1. The highest BCUT2D eigenvalue weighted by Crippen LogP contribution is 2.31. The summed E-state index contributed by atoms with van der Waals surface area (Å²) in [4.78, 5) is 29.7. The van der Waals surface area contributed by atoms with E-state index in [0.29, 0.717) is 23.2 Å². The molecule has 0 radical (unpaired) electrons. The van der Waals surface area contributed by atoms with Gasteiger partial charge in [0.2, 0.25) is 0 Å². The molecule has 5 rings (SSSR count). The molecule has 0 saturated carbocycles. The van der Waals surface area contributed by atoms with Crippen molar-refractivity contribution in [1.29, 1.82) is 0 Å². The van der Waals surface area contributed by atoms with Gasteiger partial charge in [0.1, 0.15) is 6.10 Å². The van der Waals surface area contributed by atoms with Gasteiger partial charge in [0.15, 0.2) is 0 Å². The maximum absolute atomic E-state index is 12.9. The summed E-state index contributed by atoms with van der Waals surface area (Å²) in [5.74, 6) is -0.596. The molecular weight excluding hydrogens is 376 g/mol. The zero-order valence-electron chi connectivity index (χ0n) is 16.0. The Morgan fingerprint density at radius 1 is 0.967 bits per heavy atom. The van der Waals surface area contributed by atoms with Gasteiger partial charge in [-0.05, 0) is 53.6 Å². The minimum Gasteiger partial charge on any atom is -0.454 e. The summed E-state index contributed by atoms with van der Waals surface area (Å²) in [7, 11) is 0. The summed E-state index contributed by atoms with van der Waals surface area (Å²) < 4.78 is 5.60. The normalized spacial score (nSPS) is 15.3. The summed E-state index contributed by atoms with van der Waals surface area (Å²) in [5.41, 5.74) is 4.27. The number of carbonyl (C=O) groups excluding carboxylic acids is 2. The van der Waals surface area contributed by atoms with E-state index in [1.807, 2.05) is 60.7 Å². The molecule has 1 aromatic heterocycles. The second-order valence-electron chi connectivity index (χ2n) is 7.21. The Bertz CT molecular complexity index is 1260. The molecule has 4 aromatic rings. The Morgan fingerprint density at radius 2 is 1.83 bits per heavy atom. The highest BCUT2D eigenvalue weighted by atomic mass is 16.5. The SMILES string of the molecule is O=C(Nc1cccc2ncccc12)c1ccc2c(c1)CC(c1ccccc1)OC2=O. The van der Waals surface area contributed by atoms with Crippen LogP contribution in [0.3, 0.4) is 0 Å². The number of rotatable bonds is 3. The van der Waals surface area contributed by atoms with Crippen molar-refractivity contribution in [2.45, 2.75) is 12.5 Å². The lowest BCUT2D eigenvalue weighted by Gasteiger charge is -2.25. The molecule has 1 aliphatic heterocycles. The van der Waals surface area contributed by atoms with Crippen molar-refractivity contribution >= 4 is 28.5 Å². The molecule has 2 heterocycles. The Morgan fingerprint density at radius 3 is 2.70 bits per heavy atom. The van der Waals surface area contributed by atoms with Crippen molar-refractivity contribution in [2.24, 2.45) is 0 Å². The predicted octanol–water partition coefficient (Wildman–Crippen LogP) is 4.94. The fourth-order valence-electron chi connectivity index (χ4n) is 3.80. The van der Waals surface area contributed by atoms with Gasteiger partial charge in [-0.25, -0.2) is 4.79 Å². The Kier molecular flexibility index (Phi) is 4.48. The number of pyridine rings is 1. The minimum absolute atomic E-state index is 0.232. The van der Waals surface area contributed by atoms with Crippen LogP contribution in [-0.2, 0) is 11.2 Å². The molecule has 146 valence electrons. The van der Waals surface area contributed by atoms with Crippen LogP contribution in [-0.4, -0.2) is 16.9 Å². The number of anilines is 1. The van der Waals surface area contributed by atoms with Gasteiger partial charge < -0.3 is 10.1 Å². The molecule has 0 aliphatic carbocycles. The van der Waals surface area contributed by atoms with Gasteiger partial charge in [-0.2, -0.15) is 0 Å². The number of nitrogens with one attached hydrogen (secondary N) is 1. The number of hydrogen-bond donors (Lipinski definition) is 1. The molecule has 1 aliphatic rings. The number of amides is 1. The number of hydrogen-bond acceptors (Lipinski definition) is 4. The lowest BCUT2D eigenvalue weighted by atomic mass is 9.93. The van der Waals surface area contributed by atoms with Crippen LogP contribution in [0.4, 0.5) is 5.69 Å². The van der Waals surface area contributed by atoms with Crippen LogP contribution in [0, 0.1) is 0 Å². The first kappa shape index (κ1) is 18.1. The summed E-state index contributed by atoms with van der Waals surface area (Å²) in [6, 6.07) is 24.1. The third-order valence-corrected chi connectivity index (χ3v) is 5.31. The smallest absolute Gasteiger partial charge is 0.339 e. The maximum atomic E-state index is 12.9. The van der Waals surface area contributed by atoms with E-state index in [9.17, 15) is 9.59 Å². The van der Waals surface area contributed by atoms with E-state index in [4.69, 9.17) is 4.74 Å². The zero-order chi connectivity index (χ0) is 20.5. The first-order valence-electron chi connectivity index (χ1n) is 9.73. The molecule has 3 aromatic carbocycles. The summed E-state index contributed by atoms with van der Waals surface area (Å²) >= 11 is 0. The van der Waals surface area contributed by atoms with E-state index in [0.717, 1.165) is 22.0 Å². The number of benzene rings is 3. The molecule has 0 spiro atoms. The van der Waals surface area contributed by atoms with Gasteiger partial charge in [0.25, 0.3) is 5.91 Å². The van der Waals surface area contributed by atoms with E-state index in [2.05, 4.69) is 10.3 Å². The molecule has 1 atom stereocenters. The summed E-state index contributed by atoms with van der Waals surface area (Å²) in [5, 5.41) is 3.84. The topological polar surface area (TPSA) is 68.3 Å². The average molecular weight is 394 g/mol. The van der Waals surface area contributed by atoms with Gasteiger partial charge in [-0.1, -0.05) is 36.4 Å². The van der Waals surface area contributed by atoms with Gasteiger partial charge in [0.05, 0.1) is 16.8 Å². The van der Waals surface area contributed by atoms with Gasteiger partial charge >= 0.3 is 5.97 Å². The quantitative estimate of drug-likeness (QED) is 0.500.